The molecule has 18 heavy (non-hydrogen) atoms. The second-order valence-corrected chi connectivity index (χ2v) is 16.6. The third-order valence-electron chi connectivity index (χ3n) is 2.38. The van der Waals surface area contributed by atoms with Gasteiger partial charge in [0, 0.05) is 14.2 Å². The lowest BCUT2D eigenvalue weighted by Gasteiger charge is -2.27. The summed E-state index contributed by atoms with van der Waals surface area (Å²) in [6.07, 6.45) is 0. The molecular weight excluding hydrogens is 310 g/mol. The summed E-state index contributed by atoms with van der Waals surface area (Å²) in [5.41, 5.74) is 0. The molecule has 0 heterocycles. The van der Waals surface area contributed by atoms with Crippen molar-refractivity contribution in [3.05, 3.63) is 0 Å². The van der Waals surface area contributed by atoms with Crippen LogP contribution in [-0.2, 0) is 26.6 Å². The van der Waals surface area contributed by atoms with E-state index in [1.165, 1.54) is 14.2 Å². The third-order valence-corrected chi connectivity index (χ3v) is 12.2. The fourth-order valence-electron chi connectivity index (χ4n) is 1.24. The molecule has 0 spiro atoms. The van der Waals surface area contributed by atoms with Crippen molar-refractivity contribution in [2.45, 2.75) is 38.3 Å². The molecule has 0 aliphatic carbocycles. The van der Waals surface area contributed by atoms with E-state index < -0.39 is 33.1 Å². The number of hydrogen-bond acceptors (Lipinski definition) is 6. The van der Waals surface area contributed by atoms with Crippen LogP contribution < -0.4 is 0 Å². The predicted octanol–water partition coefficient (Wildman–Crippen LogP) is 3.50. The Kier molecular flexibility index (Phi) is 8.45. The summed E-state index contributed by atoms with van der Waals surface area (Å²) in [6.45, 7) is 7.94. The molecule has 110 valence electrons. The van der Waals surface area contributed by atoms with Gasteiger partial charge in [-0.3, -0.25) is 9.13 Å². The van der Waals surface area contributed by atoms with E-state index in [0.29, 0.717) is 0 Å². The Morgan fingerprint density at radius 1 is 0.778 bits per heavy atom. The van der Waals surface area contributed by atoms with Gasteiger partial charge in [-0.25, -0.2) is 0 Å². The molecule has 0 amide bonds. The van der Waals surface area contributed by atoms with Gasteiger partial charge in [-0.2, -0.15) is 0 Å². The molecule has 2 atom stereocenters. The molecule has 6 nitrogen and oxygen atoms in total. The molecule has 0 fully saturated rings. The number of rotatable bonds is 9. The van der Waals surface area contributed by atoms with Gasteiger partial charge in [-0.15, -0.1) is 0 Å². The minimum Gasteiger partial charge on any atom is -0.353 e. The van der Waals surface area contributed by atoms with Gasteiger partial charge in [0.15, 0.2) is 16.6 Å². The second-order valence-electron chi connectivity index (χ2n) is 5.13. The van der Waals surface area contributed by atoms with E-state index in [1.54, 1.807) is 0 Å². The van der Waals surface area contributed by atoms with Gasteiger partial charge < -0.3 is 17.5 Å². The van der Waals surface area contributed by atoms with E-state index in [-0.39, 0.29) is 0 Å². The summed E-state index contributed by atoms with van der Waals surface area (Å²) in [6, 6.07) is 1.59. The van der Waals surface area contributed by atoms with Crippen LogP contribution in [0.25, 0.3) is 0 Å². The van der Waals surface area contributed by atoms with Crippen LogP contribution in [0.3, 0.4) is 0 Å². The van der Waals surface area contributed by atoms with Crippen LogP contribution in [0, 0.1) is 0 Å². The summed E-state index contributed by atoms with van der Waals surface area (Å²) >= 11 is 0. The minimum atomic E-state index is -2.37. The zero-order chi connectivity index (χ0) is 14.4. The Balaban J connectivity index is 4.28. The minimum absolute atomic E-state index is 0.796. The quantitative estimate of drug-likeness (QED) is 0.475. The average Bonchev–Trinajstić information content (AvgIpc) is 2.25. The summed E-state index contributed by atoms with van der Waals surface area (Å²) in [5, 5.41) is 0. The fraction of sp³-hybridized carbons (Fsp3) is 1.00. The normalized spacial score (nSPS) is 16.6. The molecule has 0 aromatic rings. The van der Waals surface area contributed by atoms with Crippen molar-refractivity contribution in [3.8, 4) is 0 Å². The van der Waals surface area contributed by atoms with Crippen LogP contribution in [0.4, 0.5) is 0 Å². The van der Waals surface area contributed by atoms with E-state index >= 15 is 0 Å². The van der Waals surface area contributed by atoms with Crippen LogP contribution in [0.2, 0.25) is 38.3 Å². The molecule has 0 aliphatic rings. The van der Waals surface area contributed by atoms with Crippen LogP contribution in [0.1, 0.15) is 0 Å². The lowest BCUT2D eigenvalue weighted by Crippen LogP contribution is -2.34. The van der Waals surface area contributed by atoms with Gasteiger partial charge in [0.05, 0.1) is 0 Å². The molecule has 0 radical (unpaired) electrons. The molecule has 2 unspecified atom stereocenters. The monoisotopic (exact) mass is 334 g/mol. The van der Waals surface area contributed by atoms with Gasteiger partial charge in [0.25, 0.3) is 0 Å². The Morgan fingerprint density at radius 2 is 1.06 bits per heavy atom. The SMILES string of the molecule is CO[PH](=O)O[Si](C)(C)CC[Si](C)(C)O[PH](=O)OC. The van der Waals surface area contributed by atoms with E-state index in [9.17, 15) is 9.13 Å². The van der Waals surface area contributed by atoms with Crippen LogP contribution in [-0.4, -0.2) is 30.9 Å². The van der Waals surface area contributed by atoms with Crippen molar-refractivity contribution in [1.29, 1.82) is 0 Å². The van der Waals surface area contributed by atoms with Gasteiger partial charge in [0.2, 0.25) is 0 Å². The van der Waals surface area contributed by atoms with Crippen LogP contribution in [0.15, 0.2) is 0 Å². The number of hydrogen-bond donors (Lipinski definition) is 0. The average molecular weight is 334 g/mol. The molecule has 0 aliphatic heterocycles. The fourth-order valence-corrected chi connectivity index (χ4v) is 11.1. The topological polar surface area (TPSA) is 71.1 Å². The van der Waals surface area contributed by atoms with E-state index in [4.69, 9.17) is 8.43 Å². The molecule has 0 rings (SSSR count). The highest BCUT2D eigenvalue weighted by Crippen LogP contribution is 2.35. The maximum Gasteiger partial charge on any atom is 0.309 e. The lowest BCUT2D eigenvalue weighted by atomic mass is 10.9. The summed E-state index contributed by atoms with van der Waals surface area (Å²) < 4.78 is 42.8. The second kappa shape index (κ2) is 8.12. The Morgan fingerprint density at radius 3 is 1.28 bits per heavy atom. The van der Waals surface area contributed by atoms with Crippen LogP contribution >= 0.6 is 16.5 Å². The maximum atomic E-state index is 11.3. The third kappa shape index (κ3) is 8.77. The first-order chi connectivity index (χ1) is 8.12. The highest BCUT2D eigenvalue weighted by Gasteiger charge is 2.32. The largest absolute Gasteiger partial charge is 0.353 e. The van der Waals surface area contributed by atoms with Gasteiger partial charge in [-0.1, -0.05) is 0 Å². The van der Waals surface area contributed by atoms with Crippen molar-refractivity contribution in [2.75, 3.05) is 14.2 Å². The smallest absolute Gasteiger partial charge is 0.309 e. The first-order valence-electron chi connectivity index (χ1n) is 5.66. The van der Waals surface area contributed by atoms with Crippen molar-refractivity contribution in [3.63, 3.8) is 0 Å². The summed E-state index contributed by atoms with van der Waals surface area (Å²) in [7, 11) is -6.06. The van der Waals surface area contributed by atoms with Crippen molar-refractivity contribution in [2.24, 2.45) is 0 Å². The molecular formula is C8H24O6P2Si2. The predicted molar refractivity (Wildman–Crippen MR) is 78.8 cm³/mol. The van der Waals surface area contributed by atoms with Gasteiger partial charge >= 0.3 is 16.5 Å². The molecule has 0 N–H and O–H groups in total. The van der Waals surface area contributed by atoms with Crippen molar-refractivity contribution in [1.82, 2.24) is 0 Å². The van der Waals surface area contributed by atoms with Crippen molar-refractivity contribution < 1.29 is 26.6 Å². The molecule has 0 saturated carbocycles. The molecule has 0 bridgehead atoms. The Bertz CT molecular complexity index is 280. The standard InChI is InChI=1S/C8H24O6P2Si2/c1-11-15(9)13-17(3,4)7-8-18(5,6)14-16(10)12-2/h15-16H,7-8H2,1-6H3. The first kappa shape index (κ1) is 18.7. The Labute approximate surface area is 113 Å². The van der Waals surface area contributed by atoms with Crippen molar-refractivity contribution >= 4 is 33.1 Å². The van der Waals surface area contributed by atoms with E-state index in [1.807, 2.05) is 26.2 Å². The molecule has 0 aromatic carbocycles. The van der Waals surface area contributed by atoms with E-state index in [0.717, 1.165) is 12.1 Å². The molecule has 0 saturated heterocycles. The molecule has 0 aromatic heterocycles. The lowest BCUT2D eigenvalue weighted by molar-refractivity contribution is 0.342. The summed E-state index contributed by atoms with van der Waals surface area (Å²) in [4.78, 5) is 0. The van der Waals surface area contributed by atoms with Gasteiger partial charge in [0.1, 0.15) is 0 Å². The molecule has 10 heteroatoms. The van der Waals surface area contributed by atoms with E-state index in [2.05, 4.69) is 9.05 Å². The summed E-state index contributed by atoms with van der Waals surface area (Å²) in [5.74, 6) is 0. The maximum absolute atomic E-state index is 11.3. The highest BCUT2D eigenvalue weighted by atomic mass is 31.1. The van der Waals surface area contributed by atoms with Crippen LogP contribution in [0.5, 0.6) is 0 Å². The Hall–Kier alpha value is 0.734. The first-order valence-corrected chi connectivity index (χ1v) is 14.3. The highest BCUT2D eigenvalue weighted by molar-refractivity contribution is 7.36. The zero-order valence-electron chi connectivity index (χ0n) is 11.9. The van der Waals surface area contributed by atoms with Gasteiger partial charge in [-0.05, 0) is 38.3 Å². The zero-order valence-corrected chi connectivity index (χ0v) is 15.9.